The van der Waals surface area contributed by atoms with Crippen LogP contribution in [-0.4, -0.2) is 44.3 Å². The maximum atomic E-state index is 12.2. The molecule has 0 unspecified atom stereocenters. The van der Waals surface area contributed by atoms with Gasteiger partial charge in [-0.1, -0.05) is 16.5 Å². The Hall–Kier alpha value is -2.88. The van der Waals surface area contributed by atoms with Gasteiger partial charge < -0.3 is 9.42 Å². The molecule has 1 saturated carbocycles. The second kappa shape index (κ2) is 7.27. The van der Waals surface area contributed by atoms with E-state index in [1.165, 1.54) is 24.2 Å². The van der Waals surface area contributed by atoms with E-state index in [9.17, 15) is 4.79 Å². The molecule has 0 aromatic carbocycles. The minimum absolute atomic E-state index is 0.238. The van der Waals surface area contributed by atoms with E-state index in [1.807, 2.05) is 6.07 Å². The van der Waals surface area contributed by atoms with Gasteiger partial charge in [0.1, 0.15) is 11.3 Å². The number of piperidine rings is 1. The van der Waals surface area contributed by atoms with Crippen molar-refractivity contribution >= 4 is 28.2 Å². The van der Waals surface area contributed by atoms with E-state index in [2.05, 4.69) is 35.5 Å². The third kappa shape index (κ3) is 3.59. The number of nitrogens with zero attached hydrogens (tertiary/aromatic N) is 6. The van der Waals surface area contributed by atoms with E-state index in [1.54, 1.807) is 17.8 Å². The number of carbonyl (C=O) groups is 1. The van der Waals surface area contributed by atoms with E-state index in [0.717, 1.165) is 43.5 Å². The summed E-state index contributed by atoms with van der Waals surface area (Å²) in [6.07, 6.45) is 5.86. The van der Waals surface area contributed by atoms with Crippen LogP contribution in [0.1, 0.15) is 59.6 Å². The highest BCUT2D eigenvalue weighted by Gasteiger charge is 2.32. The lowest BCUT2D eigenvalue weighted by Gasteiger charge is -2.31. The van der Waals surface area contributed by atoms with Crippen LogP contribution in [0.5, 0.6) is 0 Å². The normalized spacial score (nSPS) is 17.6. The molecule has 1 aliphatic carbocycles. The van der Waals surface area contributed by atoms with Crippen LogP contribution < -0.4 is 10.2 Å². The molecule has 1 aliphatic heterocycles. The quantitative estimate of drug-likeness (QED) is 0.700. The van der Waals surface area contributed by atoms with Crippen molar-refractivity contribution in [1.82, 2.24) is 25.3 Å². The van der Waals surface area contributed by atoms with E-state index in [4.69, 9.17) is 4.52 Å². The van der Waals surface area contributed by atoms with Crippen LogP contribution in [0.25, 0.3) is 0 Å². The molecular formula is C18H19N7O2S. The minimum Gasteiger partial charge on any atom is -0.357 e. The molecule has 4 heterocycles. The summed E-state index contributed by atoms with van der Waals surface area (Å²) in [5.74, 6) is 3.12. The first-order chi connectivity index (χ1) is 13.8. The standard InChI is InChI=1S/C18H19N7O2S/c26-16(22-18-23-20-10-28-18)13-3-4-14(19-9-13)25-7-5-11(6-8-25)15-21-17(27-24-15)12-1-2-12/h3-4,9-12H,1-2,5-8H2,(H,22,23,26). The summed E-state index contributed by atoms with van der Waals surface area (Å²) < 4.78 is 5.39. The van der Waals surface area contributed by atoms with Crippen molar-refractivity contribution < 1.29 is 9.32 Å². The lowest BCUT2D eigenvalue weighted by Crippen LogP contribution is -2.33. The lowest BCUT2D eigenvalue weighted by atomic mass is 9.96. The van der Waals surface area contributed by atoms with Gasteiger partial charge in [-0.25, -0.2) is 4.98 Å². The van der Waals surface area contributed by atoms with E-state index < -0.39 is 0 Å². The van der Waals surface area contributed by atoms with Crippen molar-refractivity contribution in [1.29, 1.82) is 0 Å². The van der Waals surface area contributed by atoms with E-state index in [-0.39, 0.29) is 5.91 Å². The molecule has 1 saturated heterocycles. The molecule has 0 atom stereocenters. The summed E-state index contributed by atoms with van der Waals surface area (Å²) in [5, 5.41) is 14.9. The van der Waals surface area contributed by atoms with Crippen LogP contribution in [0.3, 0.4) is 0 Å². The van der Waals surface area contributed by atoms with Crippen molar-refractivity contribution in [2.24, 2.45) is 0 Å². The van der Waals surface area contributed by atoms with Crippen LogP contribution in [0.4, 0.5) is 10.9 Å². The number of nitrogens with one attached hydrogen (secondary N) is 1. The van der Waals surface area contributed by atoms with E-state index >= 15 is 0 Å². The summed E-state index contributed by atoms with van der Waals surface area (Å²) in [5.41, 5.74) is 2.07. The molecule has 10 heteroatoms. The summed E-state index contributed by atoms with van der Waals surface area (Å²) in [6.45, 7) is 1.75. The number of rotatable bonds is 5. The zero-order valence-corrected chi connectivity index (χ0v) is 15.9. The zero-order valence-electron chi connectivity index (χ0n) is 15.1. The Morgan fingerprint density at radius 2 is 2.04 bits per heavy atom. The molecule has 1 amide bonds. The smallest absolute Gasteiger partial charge is 0.259 e. The molecule has 0 radical (unpaired) electrons. The first kappa shape index (κ1) is 17.2. The van der Waals surface area contributed by atoms with Gasteiger partial charge in [0.15, 0.2) is 5.82 Å². The highest BCUT2D eigenvalue weighted by atomic mass is 32.1. The molecule has 28 heavy (non-hydrogen) atoms. The summed E-state index contributed by atoms with van der Waals surface area (Å²) in [4.78, 5) is 23.5. The Balaban J connectivity index is 1.18. The number of aromatic nitrogens is 5. The van der Waals surface area contributed by atoms with Crippen molar-refractivity contribution in [2.45, 2.75) is 37.5 Å². The first-order valence-corrected chi connectivity index (χ1v) is 10.3. The van der Waals surface area contributed by atoms with Crippen molar-refractivity contribution in [3.8, 4) is 0 Å². The predicted molar refractivity (Wildman–Crippen MR) is 103 cm³/mol. The molecule has 9 nitrogen and oxygen atoms in total. The number of pyridine rings is 1. The van der Waals surface area contributed by atoms with Crippen molar-refractivity contribution in [3.05, 3.63) is 41.1 Å². The van der Waals surface area contributed by atoms with Gasteiger partial charge in [-0.3, -0.25) is 10.1 Å². The number of amides is 1. The molecule has 0 bridgehead atoms. The van der Waals surface area contributed by atoms with Gasteiger partial charge in [-0.15, -0.1) is 10.2 Å². The molecule has 1 N–H and O–H groups in total. The van der Waals surface area contributed by atoms with Gasteiger partial charge in [-0.05, 0) is 37.8 Å². The third-order valence-electron chi connectivity index (χ3n) is 5.16. The summed E-state index contributed by atoms with van der Waals surface area (Å²) in [7, 11) is 0. The maximum Gasteiger partial charge on any atom is 0.259 e. The molecule has 3 aromatic heterocycles. The molecule has 5 rings (SSSR count). The second-order valence-electron chi connectivity index (χ2n) is 7.13. The molecule has 0 spiro atoms. The van der Waals surface area contributed by atoms with Gasteiger partial charge >= 0.3 is 0 Å². The molecule has 3 aromatic rings. The molecular weight excluding hydrogens is 378 g/mol. The fraction of sp³-hybridized carbons (Fsp3) is 0.444. The fourth-order valence-corrected chi connectivity index (χ4v) is 3.82. The van der Waals surface area contributed by atoms with Gasteiger partial charge in [0.2, 0.25) is 11.0 Å². The minimum atomic E-state index is -0.238. The van der Waals surface area contributed by atoms with E-state index in [0.29, 0.717) is 22.5 Å². The van der Waals surface area contributed by atoms with Crippen LogP contribution in [0, 0.1) is 0 Å². The Bertz CT molecular complexity index is 945. The van der Waals surface area contributed by atoms with Crippen molar-refractivity contribution in [2.75, 3.05) is 23.3 Å². The number of hydrogen-bond acceptors (Lipinski definition) is 9. The Labute approximate surface area is 165 Å². The van der Waals surface area contributed by atoms with Crippen LogP contribution in [0.15, 0.2) is 28.4 Å². The Kier molecular flexibility index (Phi) is 4.47. The van der Waals surface area contributed by atoms with Crippen molar-refractivity contribution in [3.63, 3.8) is 0 Å². The van der Waals surface area contributed by atoms with Gasteiger partial charge in [-0.2, -0.15) is 4.98 Å². The third-order valence-corrected chi connectivity index (χ3v) is 5.77. The van der Waals surface area contributed by atoms with Gasteiger partial charge in [0.25, 0.3) is 5.91 Å². The van der Waals surface area contributed by atoms with Gasteiger partial charge in [0.05, 0.1) is 5.56 Å². The largest absolute Gasteiger partial charge is 0.357 e. The second-order valence-corrected chi connectivity index (χ2v) is 7.96. The summed E-state index contributed by atoms with van der Waals surface area (Å²) >= 11 is 1.28. The molecule has 144 valence electrons. The SMILES string of the molecule is O=C(Nc1nncs1)c1ccc(N2CCC(c3noc(C4CC4)n3)CC2)nc1. The lowest BCUT2D eigenvalue weighted by molar-refractivity contribution is 0.102. The average molecular weight is 397 g/mol. The highest BCUT2D eigenvalue weighted by Crippen LogP contribution is 2.40. The molecule has 2 fully saturated rings. The Morgan fingerprint density at radius 3 is 2.71 bits per heavy atom. The molecule has 2 aliphatic rings. The van der Waals surface area contributed by atoms with Crippen LogP contribution >= 0.6 is 11.3 Å². The number of carbonyl (C=O) groups excluding carboxylic acids is 1. The summed E-state index contributed by atoms with van der Waals surface area (Å²) in [6, 6.07) is 3.67. The topological polar surface area (TPSA) is 110 Å². The van der Waals surface area contributed by atoms with Gasteiger partial charge in [0, 0.05) is 31.1 Å². The number of anilines is 2. The predicted octanol–water partition coefficient (Wildman–Crippen LogP) is 2.83. The number of hydrogen-bond donors (Lipinski definition) is 1. The fourth-order valence-electron chi connectivity index (χ4n) is 3.38. The average Bonchev–Trinajstić information content (AvgIpc) is 3.24. The maximum absolute atomic E-state index is 12.2. The first-order valence-electron chi connectivity index (χ1n) is 9.38. The van der Waals surface area contributed by atoms with Crippen LogP contribution in [0.2, 0.25) is 0 Å². The zero-order chi connectivity index (χ0) is 18.9. The highest BCUT2D eigenvalue weighted by molar-refractivity contribution is 7.13. The Morgan fingerprint density at radius 1 is 1.18 bits per heavy atom. The monoisotopic (exact) mass is 397 g/mol. The van der Waals surface area contributed by atoms with Crippen LogP contribution in [-0.2, 0) is 0 Å².